The van der Waals surface area contributed by atoms with E-state index >= 15 is 0 Å². The van der Waals surface area contributed by atoms with Crippen LogP contribution in [0.2, 0.25) is 0 Å². The lowest BCUT2D eigenvalue weighted by atomic mass is 9.99. The Morgan fingerprint density at radius 1 is 1.32 bits per heavy atom. The average molecular weight is 367 g/mol. The minimum atomic E-state index is 0.293. The van der Waals surface area contributed by atoms with E-state index in [9.17, 15) is 0 Å². The van der Waals surface area contributed by atoms with Crippen LogP contribution in [0.25, 0.3) is 0 Å². The predicted octanol–water partition coefficient (Wildman–Crippen LogP) is 3.69. The Morgan fingerprint density at radius 3 is 2.84 bits per heavy atom. The fourth-order valence-electron chi connectivity index (χ4n) is 2.93. The normalized spacial score (nSPS) is 18.9. The van der Waals surface area contributed by atoms with Gasteiger partial charge in [0.15, 0.2) is 0 Å². The summed E-state index contributed by atoms with van der Waals surface area (Å²) < 4.78 is 3.11. The van der Waals surface area contributed by atoms with E-state index in [0.717, 1.165) is 21.5 Å². The molecule has 2 aromatic rings. The summed E-state index contributed by atoms with van der Waals surface area (Å²) in [5, 5.41) is 4.66. The van der Waals surface area contributed by atoms with Gasteiger partial charge in [-0.2, -0.15) is 5.10 Å². The molecule has 4 heteroatoms. The molecule has 19 heavy (non-hydrogen) atoms. The summed E-state index contributed by atoms with van der Waals surface area (Å²) in [6.07, 6.45) is 4.78. The first-order valence-corrected chi connectivity index (χ1v) is 7.84. The van der Waals surface area contributed by atoms with Crippen LogP contribution in [0.15, 0.2) is 24.3 Å². The molecule has 0 aliphatic heterocycles. The molecule has 0 saturated carbocycles. The van der Waals surface area contributed by atoms with E-state index in [0.29, 0.717) is 6.04 Å². The number of benzene rings is 1. The lowest BCUT2D eigenvalue weighted by Crippen LogP contribution is -2.15. The van der Waals surface area contributed by atoms with Crippen molar-refractivity contribution in [2.75, 3.05) is 5.73 Å². The summed E-state index contributed by atoms with van der Waals surface area (Å²) in [7, 11) is 0. The molecule has 0 amide bonds. The van der Waals surface area contributed by atoms with Crippen molar-refractivity contribution >= 4 is 28.4 Å². The highest BCUT2D eigenvalue weighted by atomic mass is 127. The molecule has 0 radical (unpaired) electrons. The van der Waals surface area contributed by atoms with Gasteiger partial charge in [-0.3, -0.25) is 0 Å². The van der Waals surface area contributed by atoms with E-state index < -0.39 is 0 Å². The summed E-state index contributed by atoms with van der Waals surface area (Å²) in [5.41, 5.74) is 10.1. The maximum absolute atomic E-state index is 6.24. The highest BCUT2D eigenvalue weighted by Gasteiger charge is 2.23. The number of nitrogens with zero attached hydrogens (tertiary/aromatic N) is 2. The highest BCUT2D eigenvalue weighted by molar-refractivity contribution is 14.1. The molecule has 1 aromatic carbocycles. The van der Waals surface area contributed by atoms with Crippen molar-refractivity contribution in [1.29, 1.82) is 0 Å². The molecule has 3 rings (SSSR count). The van der Waals surface area contributed by atoms with Crippen molar-refractivity contribution in [2.45, 2.75) is 38.6 Å². The van der Waals surface area contributed by atoms with Crippen LogP contribution in [0.3, 0.4) is 0 Å². The molecule has 0 bridgehead atoms. The Bertz CT molecular complexity index is 603. The molecule has 1 aliphatic carbocycles. The van der Waals surface area contributed by atoms with Crippen LogP contribution >= 0.6 is 22.6 Å². The van der Waals surface area contributed by atoms with E-state index in [-0.39, 0.29) is 0 Å². The Kier molecular flexibility index (Phi) is 3.52. The minimum absolute atomic E-state index is 0.293. The number of halogens is 1. The fraction of sp³-hybridized carbons (Fsp3) is 0.400. The molecule has 0 saturated heterocycles. The van der Waals surface area contributed by atoms with Gasteiger partial charge < -0.3 is 5.73 Å². The van der Waals surface area contributed by atoms with Gasteiger partial charge in [-0.15, -0.1) is 0 Å². The van der Waals surface area contributed by atoms with Crippen molar-refractivity contribution < 1.29 is 0 Å². The molecule has 0 fully saturated rings. The third kappa shape index (κ3) is 2.26. The first-order chi connectivity index (χ1) is 9.18. The van der Waals surface area contributed by atoms with E-state index in [1.54, 1.807) is 0 Å². The van der Waals surface area contributed by atoms with Crippen molar-refractivity contribution in [3.05, 3.63) is 44.7 Å². The maximum atomic E-state index is 6.24. The number of nitrogens with two attached hydrogens (primary N) is 1. The van der Waals surface area contributed by atoms with Crippen LogP contribution in [0.5, 0.6) is 0 Å². The van der Waals surface area contributed by atoms with Gasteiger partial charge in [-0.25, -0.2) is 4.68 Å². The summed E-state index contributed by atoms with van der Waals surface area (Å²) >= 11 is 2.29. The Labute approximate surface area is 127 Å². The fourth-order valence-corrected chi connectivity index (χ4v) is 3.29. The Hall–Kier alpha value is -1.04. The largest absolute Gasteiger partial charge is 0.383 e. The Balaban J connectivity index is 2.11. The van der Waals surface area contributed by atoms with Crippen LogP contribution in [-0.4, -0.2) is 9.78 Å². The van der Waals surface area contributed by atoms with Crippen LogP contribution in [0.1, 0.15) is 42.1 Å². The van der Waals surface area contributed by atoms with E-state index in [4.69, 9.17) is 5.73 Å². The summed E-state index contributed by atoms with van der Waals surface area (Å²) in [4.78, 5) is 0. The topological polar surface area (TPSA) is 43.8 Å². The molecule has 1 atom stereocenters. The average Bonchev–Trinajstić information content (AvgIpc) is 2.61. The number of hydrogen-bond donors (Lipinski definition) is 1. The first kappa shape index (κ1) is 13.0. The van der Waals surface area contributed by atoms with Gasteiger partial charge in [0.1, 0.15) is 5.82 Å². The summed E-state index contributed by atoms with van der Waals surface area (Å²) in [6, 6.07) is 9.01. The SMILES string of the molecule is Cc1nn(C2CCCCc3ccccc32)c(N)c1I. The second kappa shape index (κ2) is 5.15. The van der Waals surface area contributed by atoms with Crippen molar-refractivity contribution in [3.63, 3.8) is 0 Å². The molecule has 3 nitrogen and oxygen atoms in total. The number of fused-ring (bicyclic) bond motifs is 1. The zero-order valence-corrected chi connectivity index (χ0v) is 13.2. The van der Waals surface area contributed by atoms with E-state index in [1.807, 2.05) is 11.6 Å². The standard InChI is InChI=1S/C15H18IN3/c1-10-14(16)15(17)19(18-10)13-9-5-3-7-11-6-2-4-8-12(11)13/h2,4,6,8,13H,3,5,7,9,17H2,1H3. The van der Waals surface area contributed by atoms with Gasteiger partial charge in [0.05, 0.1) is 15.3 Å². The van der Waals surface area contributed by atoms with Crippen molar-refractivity contribution in [1.82, 2.24) is 9.78 Å². The number of nitrogen functional groups attached to an aromatic ring is 1. The number of rotatable bonds is 1. The van der Waals surface area contributed by atoms with Gasteiger partial charge in [0.25, 0.3) is 0 Å². The summed E-state index contributed by atoms with van der Waals surface area (Å²) in [6.45, 7) is 2.03. The number of anilines is 1. The lowest BCUT2D eigenvalue weighted by molar-refractivity contribution is 0.484. The Morgan fingerprint density at radius 2 is 2.11 bits per heavy atom. The molecule has 100 valence electrons. The molecule has 1 aliphatic rings. The minimum Gasteiger partial charge on any atom is -0.383 e. The predicted molar refractivity (Wildman–Crippen MR) is 86.2 cm³/mol. The van der Waals surface area contributed by atoms with E-state index in [2.05, 4.69) is 52.0 Å². The quantitative estimate of drug-likeness (QED) is 0.617. The molecule has 1 heterocycles. The number of hydrogen-bond acceptors (Lipinski definition) is 2. The summed E-state index contributed by atoms with van der Waals surface area (Å²) in [5.74, 6) is 0.805. The third-order valence-electron chi connectivity index (χ3n) is 3.93. The number of aromatic nitrogens is 2. The van der Waals surface area contributed by atoms with Crippen LogP contribution in [0, 0.1) is 10.5 Å². The van der Waals surface area contributed by atoms with E-state index in [1.165, 1.54) is 30.4 Å². The highest BCUT2D eigenvalue weighted by Crippen LogP contribution is 2.34. The van der Waals surface area contributed by atoms with Gasteiger partial charge in [0, 0.05) is 0 Å². The first-order valence-electron chi connectivity index (χ1n) is 6.76. The molecule has 0 spiro atoms. The van der Waals surface area contributed by atoms with Crippen molar-refractivity contribution in [2.24, 2.45) is 0 Å². The number of aryl methyl sites for hydroxylation is 2. The monoisotopic (exact) mass is 367 g/mol. The molecular formula is C15H18IN3. The molecular weight excluding hydrogens is 349 g/mol. The van der Waals surface area contributed by atoms with Gasteiger partial charge in [-0.1, -0.05) is 30.7 Å². The van der Waals surface area contributed by atoms with Crippen LogP contribution < -0.4 is 5.73 Å². The second-order valence-corrected chi connectivity index (χ2v) is 6.27. The van der Waals surface area contributed by atoms with Gasteiger partial charge >= 0.3 is 0 Å². The molecule has 1 aromatic heterocycles. The lowest BCUT2D eigenvalue weighted by Gasteiger charge is -2.19. The second-order valence-electron chi connectivity index (χ2n) is 5.19. The molecule has 1 unspecified atom stereocenters. The van der Waals surface area contributed by atoms with Gasteiger partial charge in [-0.05, 0) is 59.9 Å². The third-order valence-corrected chi connectivity index (χ3v) is 5.26. The zero-order chi connectivity index (χ0) is 13.4. The van der Waals surface area contributed by atoms with Crippen LogP contribution in [-0.2, 0) is 6.42 Å². The maximum Gasteiger partial charge on any atom is 0.136 e. The van der Waals surface area contributed by atoms with Crippen LogP contribution in [0.4, 0.5) is 5.82 Å². The molecule has 2 N–H and O–H groups in total. The zero-order valence-electron chi connectivity index (χ0n) is 11.1. The smallest absolute Gasteiger partial charge is 0.136 e. The van der Waals surface area contributed by atoms with Crippen molar-refractivity contribution in [3.8, 4) is 0 Å². The van der Waals surface area contributed by atoms with Gasteiger partial charge in [0.2, 0.25) is 0 Å².